The molecule has 0 rings (SSSR count). The summed E-state index contributed by atoms with van der Waals surface area (Å²) in [5, 5.41) is 0. The molecule has 0 aromatic carbocycles. The minimum Gasteiger partial charge on any atom is -0.788 e. The van der Waals surface area contributed by atoms with E-state index in [1.807, 2.05) is 6.92 Å². The molecule has 0 bridgehead atoms. The van der Waals surface area contributed by atoms with Crippen LogP contribution in [0.1, 0.15) is 110 Å². The average molecular weight is 443 g/mol. The molecule has 0 radical (unpaired) electrons. The molecule has 0 saturated heterocycles. The largest absolute Gasteiger partial charge is 1.00 e. The van der Waals surface area contributed by atoms with Crippen LogP contribution in [0.25, 0.3) is 0 Å². The van der Waals surface area contributed by atoms with Crippen LogP contribution in [0, 0.1) is 0 Å². The van der Waals surface area contributed by atoms with Crippen molar-refractivity contribution < 1.29 is 127 Å². The van der Waals surface area contributed by atoms with E-state index in [0.717, 1.165) is 19.3 Å². The summed E-state index contributed by atoms with van der Waals surface area (Å²) in [6.45, 7) is 4.14. The molecule has 1 unspecified atom stereocenters. The summed E-state index contributed by atoms with van der Waals surface area (Å²) < 4.78 is 14.3. The van der Waals surface area contributed by atoms with Crippen molar-refractivity contribution in [2.45, 2.75) is 116 Å². The van der Waals surface area contributed by atoms with Crippen molar-refractivity contribution >= 4 is 7.82 Å². The Morgan fingerprint density at radius 1 is 0.731 bits per heavy atom. The molecule has 0 aromatic heterocycles. The Hall–Kier alpha value is 3.34. The second-order valence-corrected chi connectivity index (χ2v) is 7.72. The molecule has 8 heteroatoms. The van der Waals surface area contributed by atoms with Crippen LogP contribution >= 0.6 is 7.82 Å². The first-order chi connectivity index (χ1) is 11.5. The van der Waals surface area contributed by atoms with Gasteiger partial charge in [-0.3, -0.25) is 0 Å². The smallest absolute Gasteiger partial charge is 0.788 e. The van der Waals surface area contributed by atoms with E-state index in [-0.39, 0.29) is 109 Å². The molecule has 0 aliphatic carbocycles. The minimum atomic E-state index is -5.03. The van der Waals surface area contributed by atoms with Crippen molar-refractivity contribution in [2.75, 3.05) is 0 Å². The van der Waals surface area contributed by atoms with Crippen LogP contribution in [0.5, 0.6) is 0 Å². The first kappa shape index (κ1) is 34.0. The average Bonchev–Trinajstić information content (AvgIpc) is 2.53. The van der Waals surface area contributed by atoms with E-state index in [4.69, 9.17) is 0 Å². The van der Waals surface area contributed by atoms with E-state index in [9.17, 15) is 14.4 Å². The van der Waals surface area contributed by atoms with Gasteiger partial charge in [0.1, 0.15) is 7.82 Å². The fourth-order valence-corrected chi connectivity index (χ4v) is 3.05. The summed E-state index contributed by atoms with van der Waals surface area (Å²) in [6.07, 6.45) is 17.9. The zero-order chi connectivity index (χ0) is 18.1. The van der Waals surface area contributed by atoms with Crippen molar-refractivity contribution in [3.63, 3.8) is 0 Å². The van der Waals surface area contributed by atoms with Crippen LogP contribution in [0.3, 0.4) is 0 Å². The molecule has 146 valence electrons. The Labute approximate surface area is 246 Å². The Morgan fingerprint density at radius 3 is 1.46 bits per heavy atom. The van der Waals surface area contributed by atoms with E-state index in [2.05, 4.69) is 16.5 Å². The van der Waals surface area contributed by atoms with Gasteiger partial charge >= 0.3 is 103 Å². The van der Waals surface area contributed by atoms with Crippen LogP contribution in [0.15, 0.2) is 0 Å². The maximum Gasteiger partial charge on any atom is 1.00 e. The molecule has 0 aliphatic heterocycles. The van der Waals surface area contributed by atoms with Crippen LogP contribution in [-0.4, -0.2) is 6.10 Å². The van der Waals surface area contributed by atoms with Gasteiger partial charge in [0, 0.05) is 0 Å². The predicted molar refractivity (Wildman–Crippen MR) is 94.2 cm³/mol. The second kappa shape index (κ2) is 24.6. The fraction of sp³-hybridized carbons (Fsp3) is 1.00. The van der Waals surface area contributed by atoms with Gasteiger partial charge in [-0.2, -0.15) is 0 Å². The maximum absolute atomic E-state index is 10.4. The quantitative estimate of drug-likeness (QED) is 0.0897. The first-order valence-corrected chi connectivity index (χ1v) is 11.3. The van der Waals surface area contributed by atoms with Crippen molar-refractivity contribution in [2.24, 2.45) is 0 Å². The van der Waals surface area contributed by atoms with E-state index < -0.39 is 7.82 Å². The zero-order valence-corrected chi connectivity index (χ0v) is 24.8. The van der Waals surface area contributed by atoms with Crippen molar-refractivity contribution in [3.05, 3.63) is 0 Å². The molecule has 0 saturated carbocycles. The van der Waals surface area contributed by atoms with Crippen molar-refractivity contribution in [1.82, 2.24) is 0 Å². The maximum atomic E-state index is 10.4. The number of hydrogen-bond donors (Lipinski definition) is 0. The SMILES string of the molecule is CCCCCCCCCCCCCCCC(CC)OOP(=O)([O-])[O-].[K+].[K+]. The molecule has 0 spiro atoms. The molecular weight excluding hydrogens is 405 g/mol. The summed E-state index contributed by atoms with van der Waals surface area (Å²) in [4.78, 5) is 25.4. The molecule has 26 heavy (non-hydrogen) atoms. The van der Waals surface area contributed by atoms with Gasteiger partial charge in [0.2, 0.25) is 0 Å². The Balaban J connectivity index is -0.00000264. The molecule has 0 aliphatic rings. The summed E-state index contributed by atoms with van der Waals surface area (Å²) in [6, 6.07) is 0. The number of unbranched alkanes of at least 4 members (excludes halogenated alkanes) is 12. The van der Waals surface area contributed by atoms with Crippen LogP contribution < -0.4 is 113 Å². The fourth-order valence-electron chi connectivity index (χ4n) is 2.82. The molecule has 0 fully saturated rings. The monoisotopic (exact) mass is 442 g/mol. The Morgan fingerprint density at radius 2 is 1.12 bits per heavy atom. The van der Waals surface area contributed by atoms with Gasteiger partial charge in [-0.15, -0.1) is 0 Å². The molecule has 0 N–H and O–H groups in total. The van der Waals surface area contributed by atoms with Gasteiger partial charge in [0.25, 0.3) is 0 Å². The summed E-state index contributed by atoms with van der Waals surface area (Å²) in [7, 11) is -5.03. The first-order valence-electron chi connectivity index (χ1n) is 9.86. The van der Waals surface area contributed by atoms with Crippen LogP contribution in [0.4, 0.5) is 0 Å². The third-order valence-electron chi connectivity index (χ3n) is 4.36. The summed E-state index contributed by atoms with van der Waals surface area (Å²) in [5.74, 6) is 0. The minimum absolute atomic E-state index is 0. The molecule has 0 heterocycles. The van der Waals surface area contributed by atoms with Gasteiger partial charge in [0.05, 0.1) is 6.10 Å². The van der Waals surface area contributed by atoms with Crippen molar-refractivity contribution in [3.8, 4) is 0 Å². The molecular formula is C18H37K2O5P. The number of hydrogen-bond acceptors (Lipinski definition) is 5. The topological polar surface area (TPSA) is 81.7 Å². The Kier molecular flexibility index (Phi) is 32.2. The summed E-state index contributed by atoms with van der Waals surface area (Å²) >= 11 is 0. The predicted octanol–water partition coefficient (Wildman–Crippen LogP) is -0.969. The molecule has 0 aromatic rings. The van der Waals surface area contributed by atoms with Gasteiger partial charge in [0.15, 0.2) is 0 Å². The number of phosphoric acid groups is 1. The standard InChI is InChI=1S/C18H39O5P.2K/c1-3-5-6-7-8-9-10-11-12-13-14-15-16-17-18(4-2)22-23-24(19,20)21;;/h18H,3-17H2,1-2H3,(H2,19,20,21);;/q;2*+1/p-2. The summed E-state index contributed by atoms with van der Waals surface area (Å²) in [5.41, 5.74) is 0. The van der Waals surface area contributed by atoms with Gasteiger partial charge in [-0.05, 0) is 12.8 Å². The third kappa shape index (κ3) is 27.3. The third-order valence-corrected chi connectivity index (χ3v) is 4.62. The van der Waals surface area contributed by atoms with Gasteiger partial charge in [-0.1, -0.05) is 97.3 Å². The zero-order valence-electron chi connectivity index (χ0n) is 17.7. The molecule has 0 amide bonds. The van der Waals surface area contributed by atoms with E-state index in [1.54, 1.807) is 0 Å². The van der Waals surface area contributed by atoms with Crippen LogP contribution in [0.2, 0.25) is 0 Å². The number of rotatable bonds is 18. The van der Waals surface area contributed by atoms with E-state index in [0.29, 0.717) is 6.42 Å². The van der Waals surface area contributed by atoms with E-state index >= 15 is 0 Å². The Bertz CT molecular complexity index is 316. The molecule has 1 atom stereocenters. The molecule has 5 nitrogen and oxygen atoms in total. The van der Waals surface area contributed by atoms with E-state index in [1.165, 1.54) is 70.6 Å². The second-order valence-electron chi connectivity index (χ2n) is 6.68. The van der Waals surface area contributed by atoms with Gasteiger partial charge < -0.3 is 14.4 Å². The normalized spacial score (nSPS) is 12.3. The van der Waals surface area contributed by atoms with Crippen molar-refractivity contribution in [1.29, 1.82) is 0 Å². The van der Waals surface area contributed by atoms with Crippen LogP contribution in [-0.2, 0) is 14.1 Å². The van der Waals surface area contributed by atoms with Gasteiger partial charge in [-0.25, -0.2) is 9.56 Å².